The van der Waals surface area contributed by atoms with Crippen LogP contribution in [0.25, 0.3) is 0 Å². The first kappa shape index (κ1) is 14.0. The first-order valence-corrected chi connectivity index (χ1v) is 8.15. The van der Waals surface area contributed by atoms with Crippen molar-refractivity contribution in [1.82, 2.24) is 15.2 Å². The summed E-state index contributed by atoms with van der Waals surface area (Å²) in [6.07, 6.45) is 10.6. The molecular weight excluding hydrogens is 246 g/mol. The Bertz CT molecular complexity index is 425. The summed E-state index contributed by atoms with van der Waals surface area (Å²) < 4.78 is 0. The zero-order valence-electron chi connectivity index (χ0n) is 12.8. The molecule has 1 aromatic rings. The third-order valence-corrected chi connectivity index (χ3v) is 5.36. The van der Waals surface area contributed by atoms with Crippen molar-refractivity contribution in [1.29, 1.82) is 0 Å². The maximum absolute atomic E-state index is 4.30. The molecule has 1 aliphatic carbocycles. The number of aromatic nitrogens is 1. The molecule has 2 unspecified atom stereocenters. The molecule has 1 aliphatic heterocycles. The highest BCUT2D eigenvalue weighted by Gasteiger charge is 2.42. The van der Waals surface area contributed by atoms with Gasteiger partial charge in [-0.15, -0.1) is 0 Å². The second-order valence-corrected chi connectivity index (χ2v) is 6.57. The van der Waals surface area contributed by atoms with E-state index in [-0.39, 0.29) is 0 Å². The predicted molar refractivity (Wildman–Crippen MR) is 82.6 cm³/mol. The molecule has 2 atom stereocenters. The van der Waals surface area contributed by atoms with E-state index in [1.807, 2.05) is 12.4 Å². The minimum atomic E-state index is 0.391. The highest BCUT2D eigenvalue weighted by atomic mass is 15.3. The zero-order chi connectivity index (χ0) is 14.0. The van der Waals surface area contributed by atoms with Crippen LogP contribution < -0.4 is 5.32 Å². The first-order valence-electron chi connectivity index (χ1n) is 8.15. The maximum atomic E-state index is 4.30. The molecule has 0 aromatic carbocycles. The molecular formula is C17H27N3. The molecule has 1 aromatic heterocycles. The van der Waals surface area contributed by atoms with Gasteiger partial charge in [0.05, 0.1) is 0 Å². The predicted octanol–water partition coefficient (Wildman–Crippen LogP) is 3.14. The Morgan fingerprint density at radius 3 is 2.90 bits per heavy atom. The summed E-state index contributed by atoms with van der Waals surface area (Å²) in [7, 11) is 0. The van der Waals surface area contributed by atoms with E-state index in [4.69, 9.17) is 0 Å². The van der Waals surface area contributed by atoms with Crippen molar-refractivity contribution in [2.45, 2.75) is 63.6 Å². The fourth-order valence-electron chi connectivity index (χ4n) is 4.02. The minimum absolute atomic E-state index is 0.391. The van der Waals surface area contributed by atoms with Gasteiger partial charge in [0.1, 0.15) is 0 Å². The number of piperazine rings is 1. The van der Waals surface area contributed by atoms with Crippen LogP contribution in [0.2, 0.25) is 0 Å². The van der Waals surface area contributed by atoms with Crippen molar-refractivity contribution < 1.29 is 0 Å². The van der Waals surface area contributed by atoms with Gasteiger partial charge in [-0.2, -0.15) is 0 Å². The molecule has 0 bridgehead atoms. The van der Waals surface area contributed by atoms with Crippen molar-refractivity contribution in [3.8, 4) is 0 Å². The van der Waals surface area contributed by atoms with E-state index >= 15 is 0 Å². The normalized spacial score (nSPS) is 27.8. The third kappa shape index (κ3) is 2.61. The highest BCUT2D eigenvalue weighted by Crippen LogP contribution is 2.36. The number of nitrogens with one attached hydrogen (secondary N) is 1. The molecule has 1 saturated heterocycles. The van der Waals surface area contributed by atoms with Gasteiger partial charge in [-0.1, -0.05) is 25.8 Å². The Morgan fingerprint density at radius 2 is 2.25 bits per heavy atom. The Balaban J connectivity index is 1.80. The Kier molecular flexibility index (Phi) is 4.08. The van der Waals surface area contributed by atoms with Crippen LogP contribution >= 0.6 is 0 Å². The van der Waals surface area contributed by atoms with E-state index in [0.717, 1.165) is 6.54 Å². The molecule has 2 aliphatic rings. The van der Waals surface area contributed by atoms with Crippen LogP contribution in [0.4, 0.5) is 0 Å². The van der Waals surface area contributed by atoms with E-state index in [0.29, 0.717) is 17.6 Å². The lowest BCUT2D eigenvalue weighted by atomic mass is 9.90. The SMILES string of the molecule is CCC1CNC2(CCCC2)CN1C(C)c1cccnc1. The van der Waals surface area contributed by atoms with E-state index in [9.17, 15) is 0 Å². The summed E-state index contributed by atoms with van der Waals surface area (Å²) in [5.41, 5.74) is 1.74. The van der Waals surface area contributed by atoms with Gasteiger partial charge in [-0.05, 0) is 37.8 Å². The van der Waals surface area contributed by atoms with Crippen molar-refractivity contribution in [2.75, 3.05) is 13.1 Å². The van der Waals surface area contributed by atoms with Gasteiger partial charge >= 0.3 is 0 Å². The molecule has 0 radical (unpaired) electrons. The van der Waals surface area contributed by atoms with Crippen LogP contribution in [-0.4, -0.2) is 34.6 Å². The minimum Gasteiger partial charge on any atom is -0.308 e. The Morgan fingerprint density at radius 1 is 1.45 bits per heavy atom. The van der Waals surface area contributed by atoms with Crippen molar-refractivity contribution >= 4 is 0 Å². The van der Waals surface area contributed by atoms with Gasteiger partial charge < -0.3 is 5.32 Å². The Labute approximate surface area is 122 Å². The summed E-state index contributed by atoms with van der Waals surface area (Å²) in [6, 6.07) is 5.39. The van der Waals surface area contributed by atoms with Crippen LogP contribution in [0, 0.1) is 0 Å². The lowest BCUT2D eigenvalue weighted by Gasteiger charge is -2.48. The first-order chi connectivity index (χ1) is 9.74. The molecule has 1 saturated carbocycles. The van der Waals surface area contributed by atoms with E-state index < -0.39 is 0 Å². The van der Waals surface area contributed by atoms with Gasteiger partial charge in [-0.25, -0.2) is 0 Å². The van der Waals surface area contributed by atoms with Gasteiger partial charge in [0.15, 0.2) is 0 Å². The van der Waals surface area contributed by atoms with Crippen LogP contribution in [0.15, 0.2) is 24.5 Å². The maximum Gasteiger partial charge on any atom is 0.0339 e. The molecule has 20 heavy (non-hydrogen) atoms. The summed E-state index contributed by atoms with van der Waals surface area (Å²) in [6.45, 7) is 6.98. The molecule has 2 fully saturated rings. The zero-order valence-corrected chi connectivity index (χ0v) is 12.8. The average molecular weight is 273 g/mol. The number of pyridine rings is 1. The molecule has 110 valence electrons. The molecule has 0 amide bonds. The van der Waals surface area contributed by atoms with Crippen LogP contribution in [0.1, 0.15) is 57.6 Å². The smallest absolute Gasteiger partial charge is 0.0339 e. The number of hydrogen-bond donors (Lipinski definition) is 1. The standard InChI is InChI=1S/C17H27N3/c1-3-16-12-19-17(8-4-5-9-17)13-20(16)14(2)15-7-6-10-18-11-15/h6-7,10-11,14,16,19H,3-5,8-9,12-13H2,1-2H3. The summed E-state index contributed by atoms with van der Waals surface area (Å²) in [5, 5.41) is 3.87. The largest absolute Gasteiger partial charge is 0.308 e. The topological polar surface area (TPSA) is 28.2 Å². The monoisotopic (exact) mass is 273 g/mol. The van der Waals surface area contributed by atoms with E-state index in [1.54, 1.807) is 0 Å². The molecule has 3 rings (SSSR count). The van der Waals surface area contributed by atoms with Gasteiger partial charge in [0.25, 0.3) is 0 Å². The van der Waals surface area contributed by atoms with Gasteiger partial charge in [0.2, 0.25) is 0 Å². The van der Waals surface area contributed by atoms with Crippen molar-refractivity contribution in [2.24, 2.45) is 0 Å². The van der Waals surface area contributed by atoms with Crippen molar-refractivity contribution in [3.05, 3.63) is 30.1 Å². The summed E-state index contributed by atoms with van der Waals surface area (Å²) in [5.74, 6) is 0. The molecule has 3 nitrogen and oxygen atoms in total. The Hall–Kier alpha value is -0.930. The lowest BCUT2D eigenvalue weighted by Crippen LogP contribution is -2.63. The third-order valence-electron chi connectivity index (χ3n) is 5.36. The number of hydrogen-bond acceptors (Lipinski definition) is 3. The van der Waals surface area contributed by atoms with Crippen molar-refractivity contribution in [3.63, 3.8) is 0 Å². The molecule has 3 heteroatoms. The van der Waals surface area contributed by atoms with Crippen LogP contribution in [-0.2, 0) is 0 Å². The molecule has 1 spiro atoms. The quantitative estimate of drug-likeness (QED) is 0.917. The van der Waals surface area contributed by atoms with E-state index in [1.165, 1.54) is 44.2 Å². The van der Waals surface area contributed by atoms with Crippen LogP contribution in [0.5, 0.6) is 0 Å². The highest BCUT2D eigenvalue weighted by molar-refractivity contribution is 5.15. The summed E-state index contributed by atoms with van der Waals surface area (Å²) in [4.78, 5) is 7.02. The second-order valence-electron chi connectivity index (χ2n) is 6.57. The average Bonchev–Trinajstić information content (AvgIpc) is 2.95. The lowest BCUT2D eigenvalue weighted by molar-refractivity contribution is 0.0461. The van der Waals surface area contributed by atoms with Gasteiger partial charge in [-0.3, -0.25) is 9.88 Å². The van der Waals surface area contributed by atoms with E-state index in [2.05, 4.69) is 41.2 Å². The second kappa shape index (κ2) is 5.82. The van der Waals surface area contributed by atoms with Gasteiger partial charge in [0, 0.05) is 43.1 Å². The van der Waals surface area contributed by atoms with Crippen LogP contribution in [0.3, 0.4) is 0 Å². The molecule has 2 heterocycles. The summed E-state index contributed by atoms with van der Waals surface area (Å²) >= 11 is 0. The molecule has 1 N–H and O–H groups in total. The fraction of sp³-hybridized carbons (Fsp3) is 0.706. The fourth-order valence-corrected chi connectivity index (χ4v) is 4.02. The number of rotatable bonds is 3. The number of nitrogens with zero attached hydrogens (tertiary/aromatic N) is 2.